The summed E-state index contributed by atoms with van der Waals surface area (Å²) in [5, 5.41) is 13.8. The predicted molar refractivity (Wildman–Crippen MR) is 94.7 cm³/mol. The molecular formula is C16H16N4O5S. The maximum Gasteiger partial charge on any atom is 0.269 e. The van der Waals surface area contributed by atoms with Crippen LogP contribution in [-0.4, -0.2) is 59.6 Å². The van der Waals surface area contributed by atoms with Gasteiger partial charge in [0.2, 0.25) is 11.8 Å². The number of hydrogen-bond acceptors (Lipinski definition) is 7. The van der Waals surface area contributed by atoms with E-state index in [2.05, 4.69) is 5.32 Å². The molecule has 1 N–H and O–H groups in total. The summed E-state index contributed by atoms with van der Waals surface area (Å²) in [5.74, 6) is -0.896. The maximum absolute atomic E-state index is 13.2. The van der Waals surface area contributed by atoms with Gasteiger partial charge in [0.1, 0.15) is 0 Å². The van der Waals surface area contributed by atoms with Crippen LogP contribution in [0.25, 0.3) is 0 Å². The molecule has 1 aromatic rings. The van der Waals surface area contributed by atoms with Crippen LogP contribution in [0.3, 0.4) is 0 Å². The molecule has 0 saturated carbocycles. The van der Waals surface area contributed by atoms with E-state index in [0.717, 1.165) is 5.69 Å². The van der Waals surface area contributed by atoms with Crippen LogP contribution in [0, 0.1) is 15.5 Å². The summed E-state index contributed by atoms with van der Waals surface area (Å²) in [4.78, 5) is 40.0. The van der Waals surface area contributed by atoms with Crippen LogP contribution in [-0.2, 0) is 20.7 Å². The van der Waals surface area contributed by atoms with Crippen LogP contribution >= 0.6 is 12.2 Å². The third-order valence-corrected chi connectivity index (χ3v) is 5.74. The van der Waals surface area contributed by atoms with E-state index in [9.17, 15) is 19.7 Å². The van der Waals surface area contributed by atoms with E-state index in [1.807, 2.05) is 4.90 Å². The van der Waals surface area contributed by atoms with Crippen LogP contribution in [0.2, 0.25) is 0 Å². The average molecular weight is 376 g/mol. The van der Waals surface area contributed by atoms with Gasteiger partial charge in [0.15, 0.2) is 10.5 Å². The number of thiocarbonyl (C=S) groups is 1. The molecule has 1 spiro atoms. The van der Waals surface area contributed by atoms with Crippen molar-refractivity contribution in [2.75, 3.05) is 31.7 Å². The fraction of sp³-hybridized carbons (Fsp3) is 0.438. The number of benzene rings is 1. The van der Waals surface area contributed by atoms with Gasteiger partial charge in [-0.2, -0.15) is 0 Å². The van der Waals surface area contributed by atoms with Gasteiger partial charge in [-0.05, 0) is 23.8 Å². The second-order valence-corrected chi connectivity index (χ2v) is 7.01. The summed E-state index contributed by atoms with van der Waals surface area (Å²) in [6.45, 7) is 1.16. The number of non-ortho nitro benzene ring substituents is 1. The minimum atomic E-state index is -1.43. The molecule has 3 heterocycles. The van der Waals surface area contributed by atoms with Gasteiger partial charge in [0.25, 0.3) is 5.69 Å². The lowest BCUT2D eigenvalue weighted by Crippen LogP contribution is -2.73. The third-order valence-electron chi connectivity index (χ3n) is 5.37. The Morgan fingerprint density at radius 1 is 1.42 bits per heavy atom. The first-order chi connectivity index (χ1) is 12.4. The first-order valence-corrected chi connectivity index (χ1v) is 8.52. The highest BCUT2D eigenvalue weighted by molar-refractivity contribution is 7.80. The number of nitro groups is 1. The molecule has 0 aromatic heterocycles. The highest BCUT2D eigenvalue weighted by atomic mass is 32.1. The quantitative estimate of drug-likeness (QED) is 0.323. The minimum Gasteiger partial charge on any atom is -0.377 e. The van der Waals surface area contributed by atoms with Gasteiger partial charge in [-0.15, -0.1) is 0 Å². The molecule has 136 valence electrons. The van der Waals surface area contributed by atoms with Crippen molar-refractivity contribution in [3.05, 3.63) is 33.9 Å². The monoisotopic (exact) mass is 376 g/mol. The summed E-state index contributed by atoms with van der Waals surface area (Å²) in [7, 11) is 1.52. The SMILES string of the molecule is CN1C(=O)[C@]2(Cc3cc([N+](=O)[O-])ccc3N3CCOC[C@H]32)C(=O)NC1=S. The molecule has 10 heteroatoms. The summed E-state index contributed by atoms with van der Waals surface area (Å²) in [6.07, 6.45) is 0.0617. The number of nitrogens with one attached hydrogen (secondary N) is 1. The number of fused-ring (bicyclic) bond motifs is 4. The maximum atomic E-state index is 13.2. The van der Waals surface area contributed by atoms with E-state index in [1.54, 1.807) is 6.07 Å². The van der Waals surface area contributed by atoms with E-state index in [0.29, 0.717) is 18.7 Å². The number of carbonyl (C=O) groups is 2. The zero-order chi connectivity index (χ0) is 18.6. The molecule has 2 saturated heterocycles. The van der Waals surface area contributed by atoms with Crippen LogP contribution in [0.15, 0.2) is 18.2 Å². The average Bonchev–Trinajstić information content (AvgIpc) is 2.64. The van der Waals surface area contributed by atoms with Crippen molar-refractivity contribution >= 4 is 40.5 Å². The Labute approximate surface area is 154 Å². The fourth-order valence-corrected chi connectivity index (χ4v) is 4.23. The number of hydrogen-bond donors (Lipinski definition) is 1. The highest BCUT2D eigenvalue weighted by Gasteiger charge is 2.61. The number of carbonyl (C=O) groups excluding carboxylic acids is 2. The summed E-state index contributed by atoms with van der Waals surface area (Å²) >= 11 is 5.05. The molecule has 2 atom stereocenters. The second-order valence-electron chi connectivity index (χ2n) is 6.63. The zero-order valence-electron chi connectivity index (χ0n) is 13.9. The smallest absolute Gasteiger partial charge is 0.269 e. The Morgan fingerprint density at radius 2 is 2.19 bits per heavy atom. The Kier molecular flexibility index (Phi) is 3.70. The fourth-order valence-electron chi connectivity index (χ4n) is 4.06. The van der Waals surface area contributed by atoms with Crippen molar-refractivity contribution in [3.8, 4) is 0 Å². The standard InChI is InChI=1S/C16H16N4O5S/c1-18-14(22)16(13(21)17-15(18)26)7-9-6-10(20(23)24)2-3-11(9)19-4-5-25-8-12(16)19/h2-3,6,12H,4-5,7-8H2,1H3,(H,17,21,26)/t12-,16-/m0/s1. The number of nitrogens with zero attached hydrogens (tertiary/aromatic N) is 3. The molecule has 3 aliphatic rings. The Morgan fingerprint density at radius 3 is 2.92 bits per heavy atom. The Hall–Kier alpha value is -2.59. The molecule has 2 amide bonds. The van der Waals surface area contributed by atoms with Crippen molar-refractivity contribution < 1.29 is 19.2 Å². The topological polar surface area (TPSA) is 105 Å². The van der Waals surface area contributed by atoms with Crippen molar-refractivity contribution in [3.63, 3.8) is 0 Å². The van der Waals surface area contributed by atoms with Crippen LogP contribution < -0.4 is 10.2 Å². The number of rotatable bonds is 1. The number of morpholine rings is 1. The molecule has 0 aliphatic carbocycles. The normalized spacial score (nSPS) is 27.9. The van der Waals surface area contributed by atoms with Gasteiger partial charge in [0, 0.05) is 37.8 Å². The summed E-state index contributed by atoms with van der Waals surface area (Å²) < 4.78 is 5.57. The summed E-state index contributed by atoms with van der Waals surface area (Å²) in [6, 6.07) is 4.06. The Bertz CT molecular complexity index is 859. The lowest BCUT2D eigenvalue weighted by molar-refractivity contribution is -0.384. The molecule has 0 unspecified atom stereocenters. The molecule has 4 rings (SSSR count). The van der Waals surface area contributed by atoms with Crippen molar-refractivity contribution in [1.82, 2.24) is 10.2 Å². The van der Waals surface area contributed by atoms with Gasteiger partial charge in [-0.1, -0.05) is 0 Å². The van der Waals surface area contributed by atoms with Gasteiger partial charge in [0.05, 0.1) is 24.2 Å². The number of anilines is 1. The van der Waals surface area contributed by atoms with Crippen LogP contribution in [0.5, 0.6) is 0 Å². The zero-order valence-corrected chi connectivity index (χ0v) is 14.7. The van der Waals surface area contributed by atoms with E-state index in [-0.39, 0.29) is 23.8 Å². The van der Waals surface area contributed by atoms with Gasteiger partial charge in [-0.3, -0.25) is 24.6 Å². The van der Waals surface area contributed by atoms with Crippen molar-refractivity contribution in [2.24, 2.45) is 5.41 Å². The lowest BCUT2D eigenvalue weighted by atomic mass is 9.68. The van der Waals surface area contributed by atoms with E-state index in [4.69, 9.17) is 17.0 Å². The summed E-state index contributed by atoms with van der Waals surface area (Å²) in [5.41, 5.74) is -0.106. The first kappa shape index (κ1) is 16.9. The first-order valence-electron chi connectivity index (χ1n) is 8.11. The molecule has 0 bridgehead atoms. The second kappa shape index (κ2) is 5.71. The molecule has 1 aromatic carbocycles. The van der Waals surface area contributed by atoms with E-state index < -0.39 is 28.2 Å². The number of nitro benzene ring substituents is 1. The number of ether oxygens (including phenoxy) is 1. The molecule has 26 heavy (non-hydrogen) atoms. The highest BCUT2D eigenvalue weighted by Crippen LogP contribution is 2.45. The predicted octanol–water partition coefficient (Wildman–Crippen LogP) is 0.216. The largest absolute Gasteiger partial charge is 0.377 e. The van der Waals surface area contributed by atoms with Gasteiger partial charge < -0.3 is 15.0 Å². The van der Waals surface area contributed by atoms with Crippen molar-refractivity contribution in [1.29, 1.82) is 0 Å². The number of amides is 2. The van der Waals surface area contributed by atoms with Crippen LogP contribution in [0.1, 0.15) is 5.56 Å². The van der Waals surface area contributed by atoms with Gasteiger partial charge in [-0.25, -0.2) is 0 Å². The molecule has 9 nitrogen and oxygen atoms in total. The van der Waals surface area contributed by atoms with E-state index in [1.165, 1.54) is 24.1 Å². The van der Waals surface area contributed by atoms with Gasteiger partial charge >= 0.3 is 0 Å². The van der Waals surface area contributed by atoms with Crippen molar-refractivity contribution in [2.45, 2.75) is 12.5 Å². The molecule has 2 fully saturated rings. The van der Waals surface area contributed by atoms with Crippen LogP contribution in [0.4, 0.5) is 11.4 Å². The minimum absolute atomic E-state index is 0.0544. The lowest BCUT2D eigenvalue weighted by Gasteiger charge is -2.53. The molecule has 0 radical (unpaired) electrons. The third kappa shape index (κ3) is 2.15. The molecular weight excluding hydrogens is 360 g/mol. The van der Waals surface area contributed by atoms with E-state index >= 15 is 0 Å². The molecule has 3 aliphatic heterocycles. The Balaban J connectivity index is 1.90.